The molecule has 0 spiro atoms. The van der Waals surface area contributed by atoms with E-state index in [0.717, 1.165) is 10.2 Å². The number of rotatable bonds is 2. The highest BCUT2D eigenvalue weighted by molar-refractivity contribution is 5.72. The topological polar surface area (TPSA) is 87.3 Å². The minimum Gasteiger partial charge on any atom is -0.409 e. The van der Waals surface area contributed by atoms with Crippen molar-refractivity contribution in [2.75, 3.05) is 0 Å². The summed E-state index contributed by atoms with van der Waals surface area (Å²) in [6, 6.07) is 5.23. The van der Waals surface area contributed by atoms with Crippen molar-refractivity contribution in [2.45, 2.75) is 6.92 Å². The highest BCUT2D eigenvalue weighted by Gasteiger charge is 2.10. The van der Waals surface area contributed by atoms with Gasteiger partial charge < -0.3 is 4.74 Å². The van der Waals surface area contributed by atoms with Gasteiger partial charge in [0.05, 0.1) is 11.1 Å². The Bertz CT molecular complexity index is 589. The predicted molar refractivity (Wildman–Crippen MR) is 61.5 cm³/mol. The van der Waals surface area contributed by atoms with Gasteiger partial charge in [-0.25, -0.2) is 4.79 Å². The number of aromatic nitrogens is 2. The molecule has 92 valence electrons. The SMILES string of the molecule is Cc1cnn(C(=O)Oc2ccc([N+](=O)[O-])cc2)c1. The average molecular weight is 247 g/mol. The van der Waals surface area contributed by atoms with Crippen LogP contribution < -0.4 is 4.74 Å². The molecule has 7 heteroatoms. The standard InChI is InChI=1S/C11H9N3O4/c1-8-6-12-13(7-8)11(15)18-10-4-2-9(3-5-10)14(16)17/h2-7H,1H3. The van der Waals surface area contributed by atoms with Crippen LogP contribution in [0.3, 0.4) is 0 Å². The third kappa shape index (κ3) is 2.51. The zero-order valence-electron chi connectivity index (χ0n) is 9.44. The van der Waals surface area contributed by atoms with Crippen molar-refractivity contribution < 1.29 is 14.5 Å². The molecule has 1 aromatic heterocycles. The Labute approximate surface area is 102 Å². The second kappa shape index (κ2) is 4.66. The Balaban J connectivity index is 2.10. The van der Waals surface area contributed by atoms with E-state index in [1.54, 1.807) is 6.92 Å². The lowest BCUT2D eigenvalue weighted by Crippen LogP contribution is -2.17. The summed E-state index contributed by atoms with van der Waals surface area (Å²) in [7, 11) is 0. The molecule has 0 aliphatic heterocycles. The number of nitro groups is 1. The van der Waals surface area contributed by atoms with E-state index < -0.39 is 11.0 Å². The lowest BCUT2D eigenvalue weighted by molar-refractivity contribution is -0.384. The number of non-ortho nitro benzene ring substituents is 1. The number of hydrogen-bond acceptors (Lipinski definition) is 5. The summed E-state index contributed by atoms with van der Waals surface area (Å²) in [4.78, 5) is 21.5. The van der Waals surface area contributed by atoms with Crippen LogP contribution in [0.15, 0.2) is 36.7 Å². The molecule has 2 aromatic rings. The van der Waals surface area contributed by atoms with Gasteiger partial charge in [0.2, 0.25) is 0 Å². The number of benzene rings is 1. The molecule has 0 saturated heterocycles. The van der Waals surface area contributed by atoms with Gasteiger partial charge in [-0.05, 0) is 24.6 Å². The highest BCUT2D eigenvalue weighted by Crippen LogP contribution is 2.17. The van der Waals surface area contributed by atoms with E-state index in [0.29, 0.717) is 0 Å². The fourth-order valence-corrected chi connectivity index (χ4v) is 1.30. The molecule has 0 aliphatic carbocycles. The number of ether oxygens (including phenoxy) is 1. The smallest absolute Gasteiger partial charge is 0.409 e. The van der Waals surface area contributed by atoms with Crippen LogP contribution in [0.25, 0.3) is 0 Å². The van der Waals surface area contributed by atoms with Gasteiger partial charge in [0, 0.05) is 18.3 Å². The summed E-state index contributed by atoms with van der Waals surface area (Å²) < 4.78 is 6.04. The first-order valence-electron chi connectivity index (χ1n) is 5.04. The Morgan fingerprint density at radius 3 is 2.56 bits per heavy atom. The summed E-state index contributed by atoms with van der Waals surface area (Å²) in [5.41, 5.74) is 0.764. The van der Waals surface area contributed by atoms with E-state index in [4.69, 9.17) is 4.74 Å². The molecule has 1 heterocycles. The molecule has 0 amide bonds. The van der Waals surface area contributed by atoms with Crippen molar-refractivity contribution in [2.24, 2.45) is 0 Å². The molecule has 0 N–H and O–H groups in total. The van der Waals surface area contributed by atoms with Crippen LogP contribution in [0.5, 0.6) is 5.75 Å². The maximum atomic E-state index is 11.6. The lowest BCUT2D eigenvalue weighted by atomic mass is 10.3. The number of hydrogen-bond donors (Lipinski definition) is 0. The highest BCUT2D eigenvalue weighted by atomic mass is 16.6. The zero-order valence-corrected chi connectivity index (χ0v) is 9.44. The number of nitrogens with zero attached hydrogens (tertiary/aromatic N) is 3. The van der Waals surface area contributed by atoms with Gasteiger partial charge in [0.15, 0.2) is 0 Å². The first kappa shape index (κ1) is 11.8. The van der Waals surface area contributed by atoms with Crippen molar-refractivity contribution in [3.8, 4) is 5.75 Å². The van der Waals surface area contributed by atoms with Crippen molar-refractivity contribution in [3.05, 3.63) is 52.3 Å². The number of carbonyl (C=O) groups is 1. The van der Waals surface area contributed by atoms with Gasteiger partial charge >= 0.3 is 6.09 Å². The molecule has 7 nitrogen and oxygen atoms in total. The second-order valence-corrected chi connectivity index (χ2v) is 3.58. The summed E-state index contributed by atoms with van der Waals surface area (Å²) in [5.74, 6) is 0.221. The van der Waals surface area contributed by atoms with Crippen molar-refractivity contribution >= 4 is 11.8 Å². The number of carbonyl (C=O) groups excluding carboxylic acids is 1. The summed E-state index contributed by atoms with van der Waals surface area (Å²) >= 11 is 0. The minimum absolute atomic E-state index is 0.0651. The Morgan fingerprint density at radius 2 is 2.06 bits per heavy atom. The molecular formula is C11H9N3O4. The number of aryl methyl sites for hydroxylation is 1. The third-order valence-corrected chi connectivity index (χ3v) is 2.15. The van der Waals surface area contributed by atoms with Crippen molar-refractivity contribution in [1.29, 1.82) is 0 Å². The van der Waals surface area contributed by atoms with Gasteiger partial charge in [0.25, 0.3) is 5.69 Å². The largest absolute Gasteiger partial charge is 0.440 e. The molecule has 18 heavy (non-hydrogen) atoms. The fraction of sp³-hybridized carbons (Fsp3) is 0.0909. The Morgan fingerprint density at radius 1 is 1.39 bits per heavy atom. The van der Waals surface area contributed by atoms with E-state index in [2.05, 4.69) is 5.10 Å². The Hall–Kier alpha value is -2.70. The molecule has 1 aromatic carbocycles. The maximum absolute atomic E-state index is 11.6. The predicted octanol–water partition coefficient (Wildman–Crippen LogP) is 2.15. The van der Waals surface area contributed by atoms with Crippen LogP contribution in [-0.2, 0) is 0 Å². The van der Waals surface area contributed by atoms with Gasteiger partial charge in [-0.1, -0.05) is 0 Å². The molecule has 2 rings (SSSR count). The fourth-order valence-electron chi connectivity index (χ4n) is 1.30. The Kier molecular flexibility index (Phi) is 3.05. The summed E-state index contributed by atoms with van der Waals surface area (Å²) in [6.45, 7) is 1.79. The van der Waals surface area contributed by atoms with Crippen LogP contribution in [0, 0.1) is 17.0 Å². The number of nitro benzene ring substituents is 1. The van der Waals surface area contributed by atoms with Gasteiger partial charge in [-0.15, -0.1) is 0 Å². The van der Waals surface area contributed by atoms with E-state index in [1.165, 1.54) is 36.7 Å². The quantitative estimate of drug-likeness (QED) is 0.599. The maximum Gasteiger partial charge on any atom is 0.440 e. The van der Waals surface area contributed by atoms with Gasteiger partial charge in [-0.2, -0.15) is 9.78 Å². The molecule has 0 bridgehead atoms. The van der Waals surface area contributed by atoms with Crippen molar-refractivity contribution in [1.82, 2.24) is 9.78 Å². The zero-order chi connectivity index (χ0) is 13.1. The molecule has 0 unspecified atom stereocenters. The molecule has 0 fully saturated rings. The molecule has 0 aliphatic rings. The normalized spacial score (nSPS) is 10.1. The third-order valence-electron chi connectivity index (χ3n) is 2.15. The minimum atomic E-state index is -0.669. The molecule has 0 saturated carbocycles. The van der Waals surface area contributed by atoms with Crippen LogP contribution in [0.1, 0.15) is 5.56 Å². The second-order valence-electron chi connectivity index (χ2n) is 3.58. The van der Waals surface area contributed by atoms with Crippen molar-refractivity contribution in [3.63, 3.8) is 0 Å². The van der Waals surface area contributed by atoms with Crippen LogP contribution >= 0.6 is 0 Å². The molecule has 0 radical (unpaired) electrons. The lowest BCUT2D eigenvalue weighted by Gasteiger charge is -2.02. The monoisotopic (exact) mass is 247 g/mol. The first-order valence-corrected chi connectivity index (χ1v) is 5.04. The van der Waals surface area contributed by atoms with E-state index in [-0.39, 0.29) is 11.4 Å². The average Bonchev–Trinajstić information content (AvgIpc) is 2.76. The first-order chi connectivity index (χ1) is 8.56. The summed E-state index contributed by atoms with van der Waals surface area (Å²) in [6.07, 6.45) is 2.38. The van der Waals surface area contributed by atoms with E-state index in [9.17, 15) is 14.9 Å². The molecular weight excluding hydrogens is 238 g/mol. The molecule has 0 atom stereocenters. The van der Waals surface area contributed by atoms with E-state index in [1.807, 2.05) is 0 Å². The van der Waals surface area contributed by atoms with Crippen LogP contribution in [-0.4, -0.2) is 20.8 Å². The van der Waals surface area contributed by atoms with E-state index >= 15 is 0 Å². The summed E-state index contributed by atoms with van der Waals surface area (Å²) in [5, 5.41) is 14.2. The van der Waals surface area contributed by atoms with Crippen LogP contribution in [0.4, 0.5) is 10.5 Å². The van der Waals surface area contributed by atoms with Gasteiger partial charge in [0.1, 0.15) is 5.75 Å². The van der Waals surface area contributed by atoms with Gasteiger partial charge in [-0.3, -0.25) is 10.1 Å². The van der Waals surface area contributed by atoms with Crippen LogP contribution in [0.2, 0.25) is 0 Å².